The molecule has 1 heterocycles. The molecule has 1 N–H and O–H groups in total. The van der Waals surface area contributed by atoms with Gasteiger partial charge in [-0.1, -0.05) is 54.6 Å². The molecule has 0 saturated heterocycles. The minimum atomic E-state index is -0.572. The van der Waals surface area contributed by atoms with Crippen molar-refractivity contribution in [3.63, 3.8) is 0 Å². The van der Waals surface area contributed by atoms with Crippen molar-refractivity contribution in [1.82, 2.24) is 10.3 Å². The highest BCUT2D eigenvalue weighted by molar-refractivity contribution is 5.99. The van der Waals surface area contributed by atoms with Gasteiger partial charge in [0.2, 0.25) is 5.91 Å². The van der Waals surface area contributed by atoms with Crippen LogP contribution in [0.1, 0.15) is 45.3 Å². The summed E-state index contributed by atoms with van der Waals surface area (Å²) in [7, 11) is 0. The zero-order valence-electron chi connectivity index (χ0n) is 18.3. The van der Waals surface area contributed by atoms with Crippen molar-refractivity contribution < 1.29 is 19.1 Å². The Morgan fingerprint density at radius 3 is 2.31 bits per heavy atom. The average Bonchev–Trinajstić information content (AvgIpc) is 2.81. The number of benzene rings is 2. The molecule has 0 aliphatic rings. The highest BCUT2D eigenvalue weighted by Gasteiger charge is 2.15. The van der Waals surface area contributed by atoms with Crippen molar-refractivity contribution in [3.05, 3.63) is 89.1 Å². The molecule has 6 heteroatoms. The largest absolute Gasteiger partial charge is 0.454 e. The van der Waals surface area contributed by atoms with Crippen molar-refractivity contribution in [2.45, 2.75) is 26.7 Å². The number of pyridine rings is 1. The predicted octanol–water partition coefficient (Wildman–Crippen LogP) is 4.17. The summed E-state index contributed by atoms with van der Waals surface area (Å²) in [4.78, 5) is 40.2. The molecule has 2 aromatic carbocycles. The summed E-state index contributed by atoms with van der Waals surface area (Å²) in [5, 5.41) is 2.76. The van der Waals surface area contributed by atoms with Gasteiger partial charge < -0.3 is 10.1 Å². The first-order chi connectivity index (χ1) is 15.4. The summed E-state index contributed by atoms with van der Waals surface area (Å²) in [5.41, 5.74) is 4.18. The summed E-state index contributed by atoms with van der Waals surface area (Å²) in [6.45, 7) is 3.52. The van der Waals surface area contributed by atoms with Gasteiger partial charge >= 0.3 is 5.97 Å². The van der Waals surface area contributed by atoms with Crippen molar-refractivity contribution >= 4 is 17.7 Å². The molecule has 0 aliphatic heterocycles. The Balaban J connectivity index is 1.53. The molecule has 0 atom stereocenters. The maximum absolute atomic E-state index is 12.5. The molecule has 32 heavy (non-hydrogen) atoms. The third-order valence-corrected chi connectivity index (χ3v) is 5.00. The van der Waals surface area contributed by atoms with Gasteiger partial charge in [0.25, 0.3) is 0 Å². The number of hydrogen-bond acceptors (Lipinski definition) is 5. The number of Topliss-reactive ketones (excluding diaryl/α,β-unsaturated/α-hetero) is 1. The van der Waals surface area contributed by atoms with Crippen molar-refractivity contribution in [1.29, 1.82) is 0 Å². The fraction of sp³-hybridized carbons (Fsp3) is 0.231. The molecule has 3 rings (SSSR count). The van der Waals surface area contributed by atoms with Crippen molar-refractivity contribution in [2.75, 3.05) is 13.2 Å². The molecule has 1 aromatic heterocycles. The Labute approximate surface area is 187 Å². The van der Waals surface area contributed by atoms with Crippen LogP contribution in [0.2, 0.25) is 0 Å². The van der Waals surface area contributed by atoms with Gasteiger partial charge in [-0.2, -0.15) is 0 Å². The zero-order chi connectivity index (χ0) is 22.9. The highest BCUT2D eigenvalue weighted by atomic mass is 16.5. The standard InChI is InChI=1S/C26H26N2O4/c1-18-23(14-15-24(28-18)21-8-4-3-5-9-21)26(31)32-17-25(30)22-12-10-20(11-13-22)7-6-16-27-19(2)29/h3-5,8-15H,6-7,16-17H2,1-2H3,(H,27,29). The van der Waals surface area contributed by atoms with E-state index in [0.717, 1.165) is 29.7 Å². The van der Waals surface area contributed by atoms with Gasteiger partial charge in [-0.05, 0) is 37.5 Å². The lowest BCUT2D eigenvalue weighted by Gasteiger charge is -2.09. The number of nitrogens with zero attached hydrogens (tertiary/aromatic N) is 1. The van der Waals surface area contributed by atoms with Crippen LogP contribution in [-0.2, 0) is 16.0 Å². The molecule has 0 unspecified atom stereocenters. The molecule has 0 fully saturated rings. The summed E-state index contributed by atoms with van der Waals surface area (Å²) in [6, 6.07) is 20.3. The van der Waals surface area contributed by atoms with E-state index in [9.17, 15) is 14.4 Å². The van der Waals surface area contributed by atoms with E-state index in [2.05, 4.69) is 10.3 Å². The van der Waals surface area contributed by atoms with Crippen LogP contribution in [0.3, 0.4) is 0 Å². The van der Waals surface area contributed by atoms with Gasteiger partial charge in [0.1, 0.15) is 0 Å². The van der Waals surface area contributed by atoms with Crippen LogP contribution in [0, 0.1) is 6.92 Å². The number of carbonyl (C=O) groups excluding carboxylic acids is 3. The van der Waals surface area contributed by atoms with E-state index >= 15 is 0 Å². The van der Waals surface area contributed by atoms with Crippen LogP contribution in [0.4, 0.5) is 0 Å². The summed E-state index contributed by atoms with van der Waals surface area (Å²) >= 11 is 0. The molecule has 0 saturated carbocycles. The quantitative estimate of drug-likeness (QED) is 0.313. The SMILES string of the molecule is CC(=O)NCCCc1ccc(C(=O)COC(=O)c2ccc(-c3ccccc3)nc2C)cc1. The fourth-order valence-electron chi connectivity index (χ4n) is 3.25. The summed E-state index contributed by atoms with van der Waals surface area (Å²) < 4.78 is 5.23. The van der Waals surface area contributed by atoms with E-state index in [4.69, 9.17) is 4.74 Å². The number of esters is 1. The number of hydrogen-bond donors (Lipinski definition) is 1. The number of nitrogens with one attached hydrogen (secondary N) is 1. The second-order valence-corrected chi connectivity index (χ2v) is 7.48. The van der Waals surface area contributed by atoms with Crippen LogP contribution in [0.5, 0.6) is 0 Å². The van der Waals surface area contributed by atoms with Gasteiger partial charge in [0, 0.05) is 24.6 Å². The maximum Gasteiger partial charge on any atom is 0.340 e. The Hall–Kier alpha value is -3.80. The van der Waals surface area contributed by atoms with Crippen LogP contribution >= 0.6 is 0 Å². The Kier molecular flexibility index (Phi) is 7.86. The lowest BCUT2D eigenvalue weighted by atomic mass is 10.1. The van der Waals surface area contributed by atoms with Crippen LogP contribution in [0.15, 0.2) is 66.7 Å². The first-order valence-electron chi connectivity index (χ1n) is 10.5. The van der Waals surface area contributed by atoms with Crippen molar-refractivity contribution in [2.24, 2.45) is 0 Å². The first-order valence-corrected chi connectivity index (χ1v) is 10.5. The van der Waals surface area contributed by atoms with E-state index in [1.54, 1.807) is 31.2 Å². The van der Waals surface area contributed by atoms with Crippen LogP contribution in [0.25, 0.3) is 11.3 Å². The Morgan fingerprint density at radius 1 is 0.938 bits per heavy atom. The van der Waals surface area contributed by atoms with E-state index in [1.165, 1.54) is 6.92 Å². The number of ketones is 1. The van der Waals surface area contributed by atoms with Gasteiger partial charge in [-0.25, -0.2) is 4.79 Å². The zero-order valence-corrected chi connectivity index (χ0v) is 18.3. The second-order valence-electron chi connectivity index (χ2n) is 7.48. The third-order valence-electron chi connectivity index (χ3n) is 5.00. The lowest BCUT2D eigenvalue weighted by Crippen LogP contribution is -2.21. The van der Waals surface area contributed by atoms with E-state index < -0.39 is 5.97 Å². The van der Waals surface area contributed by atoms with E-state index in [-0.39, 0.29) is 18.3 Å². The molecular formula is C26H26N2O4. The molecule has 0 aliphatic carbocycles. The number of aryl methyl sites for hydroxylation is 2. The Bertz CT molecular complexity index is 1090. The van der Waals surface area contributed by atoms with Gasteiger partial charge in [0.15, 0.2) is 12.4 Å². The second kappa shape index (κ2) is 11.0. The molecule has 0 bridgehead atoms. The minimum Gasteiger partial charge on any atom is -0.454 e. The normalized spacial score (nSPS) is 10.4. The van der Waals surface area contributed by atoms with E-state index in [1.807, 2.05) is 42.5 Å². The lowest BCUT2D eigenvalue weighted by molar-refractivity contribution is -0.118. The summed E-state index contributed by atoms with van der Waals surface area (Å²) in [5.74, 6) is -0.883. The summed E-state index contributed by atoms with van der Waals surface area (Å²) in [6.07, 6.45) is 1.62. The third kappa shape index (κ3) is 6.35. The predicted molar refractivity (Wildman–Crippen MR) is 122 cm³/mol. The number of rotatable bonds is 9. The molecule has 3 aromatic rings. The molecule has 1 amide bonds. The maximum atomic E-state index is 12.5. The molecule has 0 radical (unpaired) electrons. The van der Waals surface area contributed by atoms with Gasteiger partial charge in [-0.15, -0.1) is 0 Å². The van der Waals surface area contributed by atoms with E-state index in [0.29, 0.717) is 23.4 Å². The van der Waals surface area contributed by atoms with Crippen LogP contribution in [-0.4, -0.2) is 35.8 Å². The number of carbonyl (C=O) groups is 3. The topological polar surface area (TPSA) is 85.4 Å². The molecule has 0 spiro atoms. The molecular weight excluding hydrogens is 404 g/mol. The first kappa shape index (κ1) is 22.9. The van der Waals surface area contributed by atoms with Gasteiger partial charge in [-0.3, -0.25) is 14.6 Å². The number of ether oxygens (including phenoxy) is 1. The van der Waals surface area contributed by atoms with Gasteiger partial charge in [0.05, 0.1) is 17.0 Å². The smallest absolute Gasteiger partial charge is 0.340 e. The van der Waals surface area contributed by atoms with Crippen molar-refractivity contribution in [3.8, 4) is 11.3 Å². The monoisotopic (exact) mass is 430 g/mol. The highest BCUT2D eigenvalue weighted by Crippen LogP contribution is 2.19. The molecule has 164 valence electrons. The average molecular weight is 431 g/mol. The number of aromatic nitrogens is 1. The minimum absolute atomic E-state index is 0.0430. The molecule has 6 nitrogen and oxygen atoms in total. The van der Waals surface area contributed by atoms with Crippen LogP contribution < -0.4 is 5.32 Å². The fourth-order valence-corrected chi connectivity index (χ4v) is 3.25. The Morgan fingerprint density at radius 2 is 1.66 bits per heavy atom. The number of amides is 1.